The van der Waals surface area contributed by atoms with Gasteiger partial charge < -0.3 is 11.1 Å². The zero-order valence-corrected chi connectivity index (χ0v) is 14.3. The Morgan fingerprint density at radius 2 is 1.48 bits per heavy atom. The van der Waals surface area contributed by atoms with Crippen molar-refractivity contribution in [3.8, 4) is 0 Å². The van der Waals surface area contributed by atoms with Gasteiger partial charge in [-0.2, -0.15) is 0 Å². The normalized spacial score (nSPS) is 11.6. The van der Waals surface area contributed by atoms with Crippen LogP contribution >= 0.6 is 12.4 Å². The topological polar surface area (TPSA) is 55.1 Å². The molecule has 0 aliphatic rings. The molecule has 2 aromatic carbocycles. The zero-order valence-electron chi connectivity index (χ0n) is 13.4. The van der Waals surface area contributed by atoms with E-state index in [-0.39, 0.29) is 30.3 Å². The highest BCUT2D eigenvalue weighted by molar-refractivity contribution is 5.85. The van der Waals surface area contributed by atoms with Crippen LogP contribution in [0.15, 0.2) is 60.7 Å². The molecule has 3 nitrogen and oxygen atoms in total. The summed E-state index contributed by atoms with van der Waals surface area (Å²) in [6.45, 7) is 2.52. The fourth-order valence-electron chi connectivity index (χ4n) is 2.46. The smallest absolute Gasteiger partial charge is 0.220 e. The predicted octanol–water partition coefficient (Wildman–Crippen LogP) is 3.48. The minimum atomic E-state index is 0. The number of halogens is 1. The Kier molecular flexibility index (Phi) is 8.38. The van der Waals surface area contributed by atoms with Crippen molar-refractivity contribution in [3.63, 3.8) is 0 Å². The van der Waals surface area contributed by atoms with Gasteiger partial charge in [0.15, 0.2) is 0 Å². The highest BCUT2D eigenvalue weighted by Crippen LogP contribution is 2.23. The SMILES string of the molecule is CC(N)CCC(=O)NCC(c1ccccc1)c1ccccc1.Cl. The highest BCUT2D eigenvalue weighted by Gasteiger charge is 2.15. The number of hydrogen-bond donors (Lipinski definition) is 2. The Bertz CT molecular complexity index is 533. The third-order valence-electron chi connectivity index (χ3n) is 3.73. The van der Waals surface area contributed by atoms with Crippen LogP contribution in [0.25, 0.3) is 0 Å². The van der Waals surface area contributed by atoms with Gasteiger partial charge in [-0.15, -0.1) is 12.4 Å². The molecule has 0 spiro atoms. The zero-order chi connectivity index (χ0) is 15.8. The molecule has 2 aromatic rings. The van der Waals surface area contributed by atoms with E-state index in [1.54, 1.807) is 0 Å². The van der Waals surface area contributed by atoms with Crippen LogP contribution < -0.4 is 11.1 Å². The lowest BCUT2D eigenvalue weighted by Crippen LogP contribution is -2.30. The van der Waals surface area contributed by atoms with Crippen LogP contribution in [0, 0.1) is 0 Å². The largest absolute Gasteiger partial charge is 0.355 e. The van der Waals surface area contributed by atoms with Crippen molar-refractivity contribution in [2.45, 2.75) is 31.7 Å². The van der Waals surface area contributed by atoms with Gasteiger partial charge in [0.25, 0.3) is 0 Å². The van der Waals surface area contributed by atoms with Gasteiger partial charge in [-0.3, -0.25) is 4.79 Å². The molecule has 1 atom stereocenters. The minimum absolute atomic E-state index is 0. The third kappa shape index (κ3) is 6.43. The molecule has 3 N–H and O–H groups in total. The highest BCUT2D eigenvalue weighted by atomic mass is 35.5. The molecule has 0 aliphatic carbocycles. The summed E-state index contributed by atoms with van der Waals surface area (Å²) in [5.41, 5.74) is 8.12. The average molecular weight is 333 g/mol. The summed E-state index contributed by atoms with van der Waals surface area (Å²) in [5, 5.41) is 3.04. The van der Waals surface area contributed by atoms with Gasteiger partial charge in [-0.1, -0.05) is 60.7 Å². The molecule has 4 heteroatoms. The fourth-order valence-corrected chi connectivity index (χ4v) is 2.46. The first-order valence-electron chi connectivity index (χ1n) is 7.79. The first-order valence-corrected chi connectivity index (χ1v) is 7.79. The Labute approximate surface area is 144 Å². The second-order valence-electron chi connectivity index (χ2n) is 5.69. The van der Waals surface area contributed by atoms with E-state index in [9.17, 15) is 4.79 Å². The molecule has 0 aliphatic heterocycles. The number of hydrogen-bond acceptors (Lipinski definition) is 2. The maximum absolute atomic E-state index is 11.9. The fraction of sp³-hybridized carbons (Fsp3) is 0.316. The standard InChI is InChI=1S/C19H24N2O.ClH/c1-15(20)12-13-19(22)21-14-18(16-8-4-2-5-9-16)17-10-6-3-7-11-17;/h2-11,15,18H,12-14,20H2,1H3,(H,21,22);1H. The summed E-state index contributed by atoms with van der Waals surface area (Å²) in [6, 6.07) is 20.6. The Balaban J connectivity index is 0.00000264. The average Bonchev–Trinajstić information content (AvgIpc) is 2.55. The van der Waals surface area contributed by atoms with Crippen molar-refractivity contribution < 1.29 is 4.79 Å². The van der Waals surface area contributed by atoms with Gasteiger partial charge in [0, 0.05) is 24.9 Å². The van der Waals surface area contributed by atoms with E-state index < -0.39 is 0 Å². The van der Waals surface area contributed by atoms with Gasteiger partial charge in [0.05, 0.1) is 0 Å². The molecular weight excluding hydrogens is 308 g/mol. The number of benzene rings is 2. The van der Waals surface area contributed by atoms with Gasteiger partial charge in [0.1, 0.15) is 0 Å². The van der Waals surface area contributed by atoms with E-state index >= 15 is 0 Å². The Morgan fingerprint density at radius 3 is 1.91 bits per heavy atom. The van der Waals surface area contributed by atoms with Crippen LogP contribution in [0.4, 0.5) is 0 Å². The third-order valence-corrected chi connectivity index (χ3v) is 3.73. The van der Waals surface area contributed by atoms with E-state index in [4.69, 9.17) is 5.73 Å². The molecule has 0 radical (unpaired) electrons. The van der Waals surface area contributed by atoms with Gasteiger partial charge >= 0.3 is 0 Å². The molecular formula is C19H25ClN2O. The summed E-state index contributed by atoms with van der Waals surface area (Å²) in [4.78, 5) is 11.9. The maximum Gasteiger partial charge on any atom is 0.220 e. The van der Waals surface area contributed by atoms with Gasteiger partial charge in [-0.25, -0.2) is 0 Å². The summed E-state index contributed by atoms with van der Waals surface area (Å²) in [7, 11) is 0. The number of nitrogens with two attached hydrogens (primary N) is 1. The molecule has 0 saturated heterocycles. The molecule has 124 valence electrons. The maximum atomic E-state index is 11.9. The van der Waals surface area contributed by atoms with Gasteiger partial charge in [-0.05, 0) is 24.5 Å². The van der Waals surface area contributed by atoms with Crippen molar-refractivity contribution in [3.05, 3.63) is 71.8 Å². The molecule has 1 amide bonds. The quantitative estimate of drug-likeness (QED) is 0.815. The summed E-state index contributed by atoms with van der Waals surface area (Å²) >= 11 is 0. The van der Waals surface area contributed by atoms with Crippen LogP contribution in [0.3, 0.4) is 0 Å². The number of amides is 1. The van der Waals surface area contributed by atoms with E-state index in [2.05, 4.69) is 29.6 Å². The molecule has 23 heavy (non-hydrogen) atoms. The number of carbonyl (C=O) groups excluding carboxylic acids is 1. The second kappa shape index (κ2) is 10.0. The summed E-state index contributed by atoms with van der Waals surface area (Å²) in [5.74, 6) is 0.232. The molecule has 0 bridgehead atoms. The minimum Gasteiger partial charge on any atom is -0.355 e. The number of carbonyl (C=O) groups is 1. The van der Waals surface area contributed by atoms with Crippen molar-refractivity contribution in [1.82, 2.24) is 5.32 Å². The molecule has 0 aromatic heterocycles. The summed E-state index contributed by atoms with van der Waals surface area (Å²) < 4.78 is 0. The van der Waals surface area contributed by atoms with Gasteiger partial charge in [0.2, 0.25) is 5.91 Å². The van der Waals surface area contributed by atoms with Crippen LogP contribution in [-0.2, 0) is 4.79 Å². The van der Waals surface area contributed by atoms with Crippen LogP contribution in [0.2, 0.25) is 0 Å². The predicted molar refractivity (Wildman–Crippen MR) is 97.9 cm³/mol. The van der Waals surface area contributed by atoms with Crippen LogP contribution in [0.5, 0.6) is 0 Å². The van der Waals surface area contributed by atoms with Crippen molar-refractivity contribution in [2.75, 3.05) is 6.54 Å². The number of rotatable bonds is 7. The lowest BCUT2D eigenvalue weighted by atomic mass is 9.91. The lowest BCUT2D eigenvalue weighted by Gasteiger charge is -2.19. The van der Waals surface area contributed by atoms with E-state index in [1.807, 2.05) is 43.3 Å². The Hall–Kier alpha value is -1.84. The number of nitrogens with one attached hydrogen (secondary N) is 1. The van der Waals surface area contributed by atoms with Crippen molar-refractivity contribution in [1.29, 1.82) is 0 Å². The second-order valence-corrected chi connectivity index (χ2v) is 5.69. The lowest BCUT2D eigenvalue weighted by molar-refractivity contribution is -0.121. The van der Waals surface area contributed by atoms with Crippen molar-refractivity contribution >= 4 is 18.3 Å². The molecule has 0 fully saturated rings. The van der Waals surface area contributed by atoms with E-state index in [0.717, 1.165) is 0 Å². The molecule has 2 rings (SSSR count). The molecule has 0 saturated carbocycles. The monoisotopic (exact) mass is 332 g/mol. The van der Waals surface area contributed by atoms with Crippen molar-refractivity contribution in [2.24, 2.45) is 5.73 Å². The van der Waals surface area contributed by atoms with E-state index in [1.165, 1.54) is 11.1 Å². The summed E-state index contributed by atoms with van der Waals surface area (Å²) in [6.07, 6.45) is 1.20. The van der Waals surface area contributed by atoms with E-state index in [0.29, 0.717) is 19.4 Å². The molecule has 1 unspecified atom stereocenters. The first kappa shape index (κ1) is 19.2. The van der Waals surface area contributed by atoms with Crippen LogP contribution in [-0.4, -0.2) is 18.5 Å². The molecule has 0 heterocycles. The first-order chi connectivity index (χ1) is 10.7. The Morgan fingerprint density at radius 1 is 1.00 bits per heavy atom. The van der Waals surface area contributed by atoms with Crippen LogP contribution in [0.1, 0.15) is 36.8 Å².